The Kier molecular flexibility index (Phi) is 5.14. The van der Waals surface area contributed by atoms with Crippen molar-refractivity contribution in [1.82, 2.24) is 20.1 Å². The fraction of sp³-hybridized carbons (Fsp3) is 0.389. The van der Waals surface area contributed by atoms with Crippen molar-refractivity contribution in [2.24, 2.45) is 0 Å². The van der Waals surface area contributed by atoms with E-state index >= 15 is 0 Å². The van der Waals surface area contributed by atoms with Crippen molar-refractivity contribution < 1.29 is 14.3 Å². The molecule has 7 nitrogen and oxygen atoms in total. The lowest BCUT2D eigenvalue weighted by Crippen LogP contribution is -2.53. The van der Waals surface area contributed by atoms with Crippen molar-refractivity contribution in [2.45, 2.75) is 12.6 Å². The zero-order valence-corrected chi connectivity index (χ0v) is 14.4. The smallest absolute Gasteiger partial charge is 0.317 e. The van der Waals surface area contributed by atoms with Gasteiger partial charge in [0.2, 0.25) is 0 Å². The SMILES string of the molecule is CN(C)C(=O)C1CN(C(=O)NCc2cnc3ccccc3c2)CCO1. The molecule has 3 amide bonds. The summed E-state index contributed by atoms with van der Waals surface area (Å²) < 4.78 is 5.47. The third-order valence-electron chi connectivity index (χ3n) is 4.16. The first-order valence-electron chi connectivity index (χ1n) is 8.24. The average molecular weight is 342 g/mol. The predicted molar refractivity (Wildman–Crippen MR) is 94.0 cm³/mol. The van der Waals surface area contributed by atoms with Crippen LogP contribution in [-0.4, -0.2) is 66.6 Å². The van der Waals surface area contributed by atoms with Crippen LogP contribution in [0.5, 0.6) is 0 Å². The Morgan fingerprint density at radius 1 is 1.36 bits per heavy atom. The number of aromatic nitrogens is 1. The molecule has 0 radical (unpaired) electrons. The van der Waals surface area contributed by atoms with Gasteiger partial charge in [-0.1, -0.05) is 18.2 Å². The summed E-state index contributed by atoms with van der Waals surface area (Å²) >= 11 is 0. The number of pyridine rings is 1. The summed E-state index contributed by atoms with van der Waals surface area (Å²) in [5, 5.41) is 3.93. The number of rotatable bonds is 3. The van der Waals surface area contributed by atoms with Crippen molar-refractivity contribution in [1.29, 1.82) is 0 Å². The van der Waals surface area contributed by atoms with Crippen LogP contribution < -0.4 is 5.32 Å². The minimum Gasteiger partial charge on any atom is -0.365 e. The second kappa shape index (κ2) is 7.48. The molecule has 2 heterocycles. The lowest BCUT2D eigenvalue weighted by atomic mass is 10.1. The fourth-order valence-electron chi connectivity index (χ4n) is 2.77. The molecule has 1 N–H and O–H groups in total. The van der Waals surface area contributed by atoms with E-state index in [2.05, 4.69) is 10.3 Å². The molecule has 1 aliphatic rings. The minimum atomic E-state index is -0.600. The van der Waals surface area contributed by atoms with Gasteiger partial charge in [0.15, 0.2) is 6.10 Å². The molecule has 1 fully saturated rings. The van der Waals surface area contributed by atoms with E-state index in [1.165, 1.54) is 4.90 Å². The molecule has 25 heavy (non-hydrogen) atoms. The average Bonchev–Trinajstić information content (AvgIpc) is 2.65. The molecule has 1 aromatic heterocycles. The van der Waals surface area contributed by atoms with E-state index in [0.717, 1.165) is 16.5 Å². The highest BCUT2D eigenvalue weighted by molar-refractivity contribution is 5.82. The molecule has 1 aliphatic heterocycles. The number of hydrogen-bond donors (Lipinski definition) is 1. The van der Waals surface area contributed by atoms with Gasteiger partial charge in [0.1, 0.15) is 0 Å². The lowest BCUT2D eigenvalue weighted by molar-refractivity contribution is -0.145. The Labute approximate surface area is 146 Å². The number of ether oxygens (including phenoxy) is 1. The number of carbonyl (C=O) groups excluding carboxylic acids is 2. The fourth-order valence-corrected chi connectivity index (χ4v) is 2.77. The molecule has 0 aliphatic carbocycles. The summed E-state index contributed by atoms with van der Waals surface area (Å²) in [6.45, 7) is 1.48. The van der Waals surface area contributed by atoms with Crippen LogP contribution in [0.25, 0.3) is 10.9 Å². The molecule has 0 bridgehead atoms. The first-order chi connectivity index (χ1) is 12.0. The topological polar surface area (TPSA) is 74.8 Å². The number of likely N-dealkylation sites (N-methyl/N-ethyl adjacent to an activating group) is 1. The van der Waals surface area contributed by atoms with Gasteiger partial charge in [-0.15, -0.1) is 0 Å². The van der Waals surface area contributed by atoms with Gasteiger partial charge in [0.25, 0.3) is 5.91 Å². The van der Waals surface area contributed by atoms with Crippen molar-refractivity contribution in [3.63, 3.8) is 0 Å². The number of carbonyl (C=O) groups is 2. The zero-order valence-electron chi connectivity index (χ0n) is 14.4. The van der Waals surface area contributed by atoms with Crippen molar-refractivity contribution in [2.75, 3.05) is 33.8 Å². The number of urea groups is 1. The molecule has 2 aromatic rings. The second-order valence-corrected chi connectivity index (χ2v) is 6.23. The summed E-state index contributed by atoms with van der Waals surface area (Å²) in [5.74, 6) is -0.128. The molecule has 3 rings (SSSR count). The van der Waals surface area contributed by atoms with E-state index in [4.69, 9.17) is 4.74 Å². The molecule has 132 valence electrons. The quantitative estimate of drug-likeness (QED) is 0.910. The standard InChI is InChI=1S/C18H22N4O3/c1-21(2)17(23)16-12-22(7-8-25-16)18(24)20-11-13-9-14-5-3-4-6-15(14)19-10-13/h3-6,9-10,16H,7-8,11-12H2,1-2H3,(H,20,24). The number of hydrogen-bond acceptors (Lipinski definition) is 4. The lowest BCUT2D eigenvalue weighted by Gasteiger charge is -2.33. The molecule has 1 aromatic carbocycles. The van der Waals surface area contributed by atoms with Crippen LogP contribution in [0.15, 0.2) is 36.5 Å². The molecule has 7 heteroatoms. The van der Waals surface area contributed by atoms with Gasteiger partial charge in [-0.3, -0.25) is 9.78 Å². The zero-order chi connectivity index (χ0) is 17.8. The maximum Gasteiger partial charge on any atom is 0.317 e. The molecule has 1 atom stereocenters. The summed E-state index contributed by atoms with van der Waals surface area (Å²) in [6, 6.07) is 9.66. The van der Waals surface area contributed by atoms with Crippen LogP contribution in [0.4, 0.5) is 4.79 Å². The van der Waals surface area contributed by atoms with Crippen molar-refractivity contribution >= 4 is 22.8 Å². The van der Waals surface area contributed by atoms with Crippen LogP contribution in [0.1, 0.15) is 5.56 Å². The number of benzene rings is 1. The van der Waals surface area contributed by atoms with E-state index in [0.29, 0.717) is 19.7 Å². The Balaban J connectivity index is 1.58. The Morgan fingerprint density at radius 2 is 2.16 bits per heavy atom. The molecular formula is C18H22N4O3. The molecule has 0 saturated carbocycles. The van der Waals surface area contributed by atoms with Crippen LogP contribution >= 0.6 is 0 Å². The Hall–Kier alpha value is -2.67. The largest absolute Gasteiger partial charge is 0.365 e. The van der Waals surface area contributed by atoms with E-state index in [-0.39, 0.29) is 18.5 Å². The maximum absolute atomic E-state index is 12.4. The van der Waals surface area contributed by atoms with Gasteiger partial charge < -0.3 is 19.9 Å². The monoisotopic (exact) mass is 342 g/mol. The highest BCUT2D eigenvalue weighted by atomic mass is 16.5. The third-order valence-corrected chi connectivity index (χ3v) is 4.16. The van der Waals surface area contributed by atoms with Crippen molar-refractivity contribution in [3.8, 4) is 0 Å². The number of morpholine rings is 1. The number of nitrogens with zero attached hydrogens (tertiary/aromatic N) is 3. The van der Waals surface area contributed by atoms with Crippen LogP contribution in [-0.2, 0) is 16.1 Å². The summed E-state index contributed by atoms with van der Waals surface area (Å²) in [7, 11) is 3.36. The highest BCUT2D eigenvalue weighted by Gasteiger charge is 2.30. The molecule has 1 unspecified atom stereocenters. The molecule has 0 spiro atoms. The number of amides is 3. The number of para-hydroxylation sites is 1. The summed E-state index contributed by atoms with van der Waals surface area (Å²) in [5.41, 5.74) is 1.86. The highest BCUT2D eigenvalue weighted by Crippen LogP contribution is 2.13. The number of fused-ring (bicyclic) bond motifs is 1. The molecule has 1 saturated heterocycles. The Morgan fingerprint density at radius 3 is 2.96 bits per heavy atom. The van der Waals surface area contributed by atoms with Gasteiger partial charge >= 0.3 is 6.03 Å². The van der Waals surface area contributed by atoms with E-state index < -0.39 is 6.10 Å². The van der Waals surface area contributed by atoms with Crippen molar-refractivity contribution in [3.05, 3.63) is 42.1 Å². The summed E-state index contributed by atoms with van der Waals surface area (Å²) in [6.07, 6.45) is 1.16. The van der Waals surface area contributed by atoms with Gasteiger partial charge in [0, 0.05) is 38.8 Å². The number of nitrogens with one attached hydrogen (secondary N) is 1. The maximum atomic E-state index is 12.4. The predicted octanol–water partition coefficient (Wildman–Crippen LogP) is 1.23. The first kappa shape index (κ1) is 17.2. The summed E-state index contributed by atoms with van der Waals surface area (Å²) in [4.78, 5) is 31.9. The van der Waals surface area contributed by atoms with Crippen LogP contribution in [0, 0.1) is 0 Å². The Bertz CT molecular complexity index is 778. The normalized spacial score (nSPS) is 17.4. The van der Waals surface area contributed by atoms with E-state index in [9.17, 15) is 9.59 Å². The van der Waals surface area contributed by atoms with Crippen LogP contribution in [0.3, 0.4) is 0 Å². The van der Waals surface area contributed by atoms with E-state index in [1.807, 2.05) is 30.3 Å². The first-order valence-corrected chi connectivity index (χ1v) is 8.24. The third kappa shape index (κ3) is 4.06. The van der Waals surface area contributed by atoms with E-state index in [1.54, 1.807) is 25.2 Å². The minimum absolute atomic E-state index is 0.128. The van der Waals surface area contributed by atoms with Gasteiger partial charge in [-0.25, -0.2) is 4.79 Å². The second-order valence-electron chi connectivity index (χ2n) is 6.23. The van der Waals surface area contributed by atoms with Gasteiger partial charge in [-0.05, 0) is 17.7 Å². The van der Waals surface area contributed by atoms with Gasteiger partial charge in [0.05, 0.1) is 18.7 Å². The van der Waals surface area contributed by atoms with Crippen LogP contribution in [0.2, 0.25) is 0 Å². The van der Waals surface area contributed by atoms with Gasteiger partial charge in [-0.2, -0.15) is 0 Å². The molecular weight excluding hydrogens is 320 g/mol.